The molecule has 5 nitrogen and oxygen atoms in total. The highest BCUT2D eigenvalue weighted by atomic mass is 32.2. The van der Waals surface area contributed by atoms with Gasteiger partial charge in [0.05, 0.1) is 16.6 Å². The Labute approximate surface area is 178 Å². The summed E-state index contributed by atoms with van der Waals surface area (Å²) in [7, 11) is -2.29. The van der Waals surface area contributed by atoms with E-state index in [2.05, 4.69) is 5.32 Å². The molecule has 0 aliphatic rings. The van der Waals surface area contributed by atoms with Crippen LogP contribution in [0.25, 0.3) is 0 Å². The number of sulfonamides is 1. The number of carbonyl (C=O) groups excluding carboxylic acids is 1. The van der Waals surface area contributed by atoms with Crippen molar-refractivity contribution < 1.29 is 13.2 Å². The Kier molecular flexibility index (Phi) is 6.27. The van der Waals surface area contributed by atoms with Crippen molar-refractivity contribution in [1.29, 1.82) is 0 Å². The number of nitrogens with zero attached hydrogens (tertiary/aromatic N) is 1. The van der Waals surface area contributed by atoms with E-state index in [1.165, 1.54) is 23.5 Å². The van der Waals surface area contributed by atoms with Gasteiger partial charge in [0.25, 0.3) is 15.9 Å². The van der Waals surface area contributed by atoms with Crippen molar-refractivity contribution in [2.75, 3.05) is 11.4 Å². The van der Waals surface area contributed by atoms with Crippen LogP contribution in [0.3, 0.4) is 0 Å². The third kappa shape index (κ3) is 4.54. The van der Waals surface area contributed by atoms with Crippen LogP contribution in [0.2, 0.25) is 0 Å². The number of carbonyl (C=O) groups is 1. The average Bonchev–Trinajstić information content (AvgIpc) is 2.73. The summed E-state index contributed by atoms with van der Waals surface area (Å²) in [5.74, 6) is -0.319. The minimum atomic E-state index is -3.80. The van der Waals surface area contributed by atoms with Crippen LogP contribution in [-0.2, 0) is 10.0 Å². The van der Waals surface area contributed by atoms with E-state index < -0.39 is 10.0 Å². The van der Waals surface area contributed by atoms with Gasteiger partial charge in [-0.05, 0) is 67.8 Å². The zero-order chi connectivity index (χ0) is 21.9. The van der Waals surface area contributed by atoms with E-state index in [1.54, 1.807) is 24.3 Å². The van der Waals surface area contributed by atoms with Crippen molar-refractivity contribution in [3.63, 3.8) is 0 Å². The standard InChI is InChI=1S/C24H26N2O3S/c1-17-9-7-12-21(15-17)26(4)30(28,29)22-13-8-11-20(16-22)24(27)25-19(3)23-14-6-5-10-18(23)2/h5-16,19H,1-4H3,(H,25,27)/t19-/m1/s1. The number of aryl methyl sites for hydroxylation is 2. The second-order valence-corrected chi connectivity index (χ2v) is 9.36. The summed E-state index contributed by atoms with van der Waals surface area (Å²) in [4.78, 5) is 12.9. The molecule has 6 heteroatoms. The third-order valence-corrected chi connectivity index (χ3v) is 6.90. The quantitative estimate of drug-likeness (QED) is 0.630. The second kappa shape index (κ2) is 8.71. The first-order valence-corrected chi connectivity index (χ1v) is 11.2. The third-order valence-electron chi connectivity index (χ3n) is 5.12. The molecule has 0 saturated carbocycles. The lowest BCUT2D eigenvalue weighted by atomic mass is 10.0. The summed E-state index contributed by atoms with van der Waals surface area (Å²) in [6.07, 6.45) is 0. The Morgan fingerprint density at radius 2 is 1.63 bits per heavy atom. The lowest BCUT2D eigenvalue weighted by Gasteiger charge is -2.20. The van der Waals surface area contributed by atoms with Crippen molar-refractivity contribution >= 4 is 21.6 Å². The van der Waals surface area contributed by atoms with Crippen molar-refractivity contribution in [3.05, 3.63) is 95.1 Å². The smallest absolute Gasteiger partial charge is 0.264 e. The van der Waals surface area contributed by atoms with Crippen molar-refractivity contribution in [2.24, 2.45) is 0 Å². The molecule has 1 N–H and O–H groups in total. The van der Waals surface area contributed by atoms with Gasteiger partial charge in [-0.2, -0.15) is 0 Å². The Morgan fingerprint density at radius 3 is 2.33 bits per heavy atom. The largest absolute Gasteiger partial charge is 0.346 e. The molecular weight excluding hydrogens is 396 g/mol. The van der Waals surface area contributed by atoms with Crippen molar-refractivity contribution in [1.82, 2.24) is 5.32 Å². The fourth-order valence-electron chi connectivity index (χ4n) is 3.35. The normalized spacial score (nSPS) is 12.3. The summed E-state index contributed by atoms with van der Waals surface area (Å²) in [5.41, 5.74) is 3.94. The number of rotatable bonds is 6. The lowest BCUT2D eigenvalue weighted by molar-refractivity contribution is 0.0939. The maximum atomic E-state index is 13.1. The van der Waals surface area contributed by atoms with Crippen LogP contribution < -0.4 is 9.62 Å². The van der Waals surface area contributed by atoms with Crippen LogP contribution in [0.1, 0.15) is 40.0 Å². The van der Waals surface area contributed by atoms with Gasteiger partial charge in [0.15, 0.2) is 0 Å². The molecule has 0 aliphatic heterocycles. The predicted octanol–water partition coefficient (Wildman–Crippen LogP) is 4.62. The highest BCUT2D eigenvalue weighted by Gasteiger charge is 2.23. The molecule has 0 bridgehead atoms. The van der Waals surface area contributed by atoms with Gasteiger partial charge in [0.1, 0.15) is 0 Å². The summed E-state index contributed by atoms with van der Waals surface area (Å²) in [6.45, 7) is 5.81. The molecule has 3 rings (SSSR count). The van der Waals surface area contributed by atoms with Gasteiger partial charge < -0.3 is 5.32 Å². The first kappa shape index (κ1) is 21.6. The van der Waals surface area contributed by atoms with E-state index in [4.69, 9.17) is 0 Å². The molecule has 1 amide bonds. The number of benzene rings is 3. The Bertz CT molecular complexity index is 1170. The van der Waals surface area contributed by atoms with Gasteiger partial charge in [-0.1, -0.05) is 42.5 Å². The molecule has 3 aromatic rings. The first-order chi connectivity index (χ1) is 14.2. The molecule has 0 aromatic heterocycles. The molecule has 3 aromatic carbocycles. The molecule has 1 atom stereocenters. The number of amides is 1. The van der Waals surface area contributed by atoms with E-state index in [0.717, 1.165) is 16.7 Å². The van der Waals surface area contributed by atoms with Gasteiger partial charge in [-0.3, -0.25) is 9.10 Å². The Morgan fingerprint density at radius 1 is 0.933 bits per heavy atom. The van der Waals surface area contributed by atoms with Gasteiger partial charge in [0, 0.05) is 12.6 Å². The summed E-state index contributed by atoms with van der Waals surface area (Å²) >= 11 is 0. The molecule has 0 unspecified atom stereocenters. The minimum Gasteiger partial charge on any atom is -0.346 e. The van der Waals surface area contributed by atoms with Gasteiger partial charge in [0.2, 0.25) is 0 Å². The molecule has 0 saturated heterocycles. The van der Waals surface area contributed by atoms with Crippen LogP contribution in [0.4, 0.5) is 5.69 Å². The van der Waals surface area contributed by atoms with Crippen molar-refractivity contribution in [2.45, 2.75) is 31.7 Å². The predicted molar refractivity (Wildman–Crippen MR) is 120 cm³/mol. The minimum absolute atomic E-state index is 0.0719. The molecule has 0 aliphatic carbocycles. The highest BCUT2D eigenvalue weighted by molar-refractivity contribution is 7.92. The topological polar surface area (TPSA) is 66.5 Å². The van der Waals surface area contributed by atoms with Crippen LogP contribution in [0.5, 0.6) is 0 Å². The highest BCUT2D eigenvalue weighted by Crippen LogP contribution is 2.24. The first-order valence-electron chi connectivity index (χ1n) is 9.72. The Hall–Kier alpha value is -3.12. The van der Waals surface area contributed by atoms with Crippen molar-refractivity contribution in [3.8, 4) is 0 Å². The van der Waals surface area contributed by atoms with E-state index in [1.807, 2.05) is 57.2 Å². The van der Waals surface area contributed by atoms with E-state index in [0.29, 0.717) is 11.3 Å². The van der Waals surface area contributed by atoms with E-state index >= 15 is 0 Å². The number of hydrogen-bond donors (Lipinski definition) is 1. The fourth-order valence-corrected chi connectivity index (χ4v) is 4.58. The monoisotopic (exact) mass is 422 g/mol. The molecule has 30 heavy (non-hydrogen) atoms. The zero-order valence-corrected chi connectivity index (χ0v) is 18.4. The molecule has 0 radical (unpaired) electrons. The Balaban J connectivity index is 1.84. The molecule has 0 fully saturated rings. The maximum Gasteiger partial charge on any atom is 0.264 e. The molecular formula is C24H26N2O3S. The zero-order valence-electron chi connectivity index (χ0n) is 17.6. The van der Waals surface area contributed by atoms with Crippen LogP contribution in [0, 0.1) is 13.8 Å². The SMILES string of the molecule is Cc1cccc(N(C)S(=O)(=O)c2cccc(C(=O)N[C@H](C)c3ccccc3C)c2)c1. The molecule has 0 spiro atoms. The lowest BCUT2D eigenvalue weighted by Crippen LogP contribution is -2.29. The van der Waals surface area contributed by atoms with E-state index in [9.17, 15) is 13.2 Å². The second-order valence-electron chi connectivity index (χ2n) is 7.39. The van der Waals surface area contributed by atoms with E-state index in [-0.39, 0.29) is 16.8 Å². The number of hydrogen-bond acceptors (Lipinski definition) is 3. The summed E-state index contributed by atoms with van der Waals surface area (Å²) < 4.78 is 27.4. The molecule has 0 heterocycles. The van der Waals surface area contributed by atoms with Gasteiger partial charge in [-0.15, -0.1) is 0 Å². The van der Waals surface area contributed by atoms with Crippen LogP contribution in [-0.4, -0.2) is 21.4 Å². The molecule has 156 valence electrons. The van der Waals surface area contributed by atoms with Crippen LogP contribution in [0.15, 0.2) is 77.7 Å². The summed E-state index contributed by atoms with van der Waals surface area (Å²) in [6, 6.07) is 21.0. The van der Waals surface area contributed by atoms with Crippen LogP contribution >= 0.6 is 0 Å². The van der Waals surface area contributed by atoms with Gasteiger partial charge in [-0.25, -0.2) is 8.42 Å². The number of anilines is 1. The fraction of sp³-hybridized carbons (Fsp3) is 0.208. The average molecular weight is 423 g/mol. The number of nitrogens with one attached hydrogen (secondary N) is 1. The summed E-state index contributed by atoms with van der Waals surface area (Å²) in [5, 5.41) is 2.95. The maximum absolute atomic E-state index is 13.1. The van der Waals surface area contributed by atoms with Gasteiger partial charge >= 0.3 is 0 Å².